The Labute approximate surface area is 105 Å². The first-order chi connectivity index (χ1) is 7.84. The Bertz CT molecular complexity index is 634. The summed E-state index contributed by atoms with van der Waals surface area (Å²) in [6, 6.07) is 10.1. The molecule has 0 N–H and O–H groups in total. The average Bonchev–Trinajstić information content (AvgIpc) is 2.82. The van der Waals surface area contributed by atoms with Crippen molar-refractivity contribution in [1.29, 1.82) is 0 Å². The van der Waals surface area contributed by atoms with Crippen molar-refractivity contribution in [3.8, 4) is 5.82 Å². The van der Waals surface area contributed by atoms with E-state index in [2.05, 4.69) is 28.1 Å². The number of aromatic nitrogens is 4. The zero-order valence-corrected chi connectivity index (χ0v) is 10.1. The number of nitrogens with zero attached hydrogens (tertiary/aromatic N) is 4. The fourth-order valence-corrected chi connectivity index (χ4v) is 1.78. The van der Waals surface area contributed by atoms with Crippen LogP contribution in [0.25, 0.3) is 16.7 Å². The molecule has 0 bridgehead atoms. The lowest BCUT2D eigenvalue weighted by molar-refractivity contribution is 0.849. The highest BCUT2D eigenvalue weighted by Gasteiger charge is 2.03. The molecule has 0 atom stereocenters. The quantitative estimate of drug-likeness (QED) is 0.663. The molecule has 2 aromatic heterocycles. The van der Waals surface area contributed by atoms with Crippen LogP contribution in [0.5, 0.6) is 0 Å². The Morgan fingerprint density at radius 3 is 2.76 bits per heavy atom. The summed E-state index contributed by atoms with van der Waals surface area (Å²) in [6.45, 7) is 2.07. The number of aryl methyl sites for hydroxylation is 1. The summed E-state index contributed by atoms with van der Waals surface area (Å²) in [5, 5.41) is 5.25. The first-order valence-corrected chi connectivity index (χ1v) is 5.06. The molecule has 0 aliphatic heterocycles. The maximum atomic E-state index is 4.54. The standard InChI is InChI=1S/C12H10N4.ClH/c1-9-6-12(16-8-13-7-14-16)15-11-5-3-2-4-10(9)11;/h2-8H,1H3;1H. The molecule has 0 amide bonds. The predicted octanol–water partition coefficient (Wildman–Crippen LogP) is 2.55. The Morgan fingerprint density at radius 1 is 1.18 bits per heavy atom. The number of para-hydroxylation sites is 1. The largest absolute Gasteiger partial charge is 0.229 e. The molecule has 2 heterocycles. The highest BCUT2D eigenvalue weighted by atomic mass is 35.5. The van der Waals surface area contributed by atoms with Gasteiger partial charge in [0.15, 0.2) is 5.82 Å². The molecule has 5 heteroatoms. The minimum atomic E-state index is 0. The van der Waals surface area contributed by atoms with E-state index in [0.717, 1.165) is 11.3 Å². The van der Waals surface area contributed by atoms with Crippen molar-refractivity contribution in [2.45, 2.75) is 6.92 Å². The van der Waals surface area contributed by atoms with Crippen LogP contribution in [0.3, 0.4) is 0 Å². The van der Waals surface area contributed by atoms with Crippen molar-refractivity contribution >= 4 is 23.3 Å². The van der Waals surface area contributed by atoms with E-state index in [1.54, 1.807) is 11.0 Å². The number of rotatable bonds is 1. The molecule has 0 saturated carbocycles. The number of pyridine rings is 1. The van der Waals surface area contributed by atoms with Crippen LogP contribution in [-0.2, 0) is 0 Å². The lowest BCUT2D eigenvalue weighted by Crippen LogP contribution is -1.99. The summed E-state index contributed by atoms with van der Waals surface area (Å²) >= 11 is 0. The van der Waals surface area contributed by atoms with E-state index < -0.39 is 0 Å². The molecule has 86 valence electrons. The van der Waals surface area contributed by atoms with E-state index in [4.69, 9.17) is 0 Å². The summed E-state index contributed by atoms with van der Waals surface area (Å²) in [6.07, 6.45) is 3.16. The summed E-state index contributed by atoms with van der Waals surface area (Å²) in [5.41, 5.74) is 2.17. The SMILES string of the molecule is Cc1cc(-n2cncn2)nc2ccccc12.Cl. The molecule has 4 nitrogen and oxygen atoms in total. The van der Waals surface area contributed by atoms with Crippen LogP contribution in [0.2, 0.25) is 0 Å². The third-order valence-electron chi connectivity index (χ3n) is 2.56. The van der Waals surface area contributed by atoms with E-state index in [-0.39, 0.29) is 12.4 Å². The van der Waals surface area contributed by atoms with Crippen LogP contribution in [0.1, 0.15) is 5.56 Å². The first-order valence-electron chi connectivity index (χ1n) is 5.06. The van der Waals surface area contributed by atoms with Crippen LogP contribution >= 0.6 is 12.4 Å². The maximum absolute atomic E-state index is 4.54. The Hall–Kier alpha value is -1.94. The molecule has 0 fully saturated rings. The lowest BCUT2D eigenvalue weighted by Gasteiger charge is -2.05. The van der Waals surface area contributed by atoms with Gasteiger partial charge in [0.1, 0.15) is 12.7 Å². The molecule has 0 unspecified atom stereocenters. The molecule has 0 spiro atoms. The summed E-state index contributed by atoms with van der Waals surface area (Å²) in [7, 11) is 0. The monoisotopic (exact) mass is 246 g/mol. The molecular weight excluding hydrogens is 236 g/mol. The van der Waals surface area contributed by atoms with Gasteiger partial charge in [0, 0.05) is 5.39 Å². The molecule has 3 aromatic rings. The second-order valence-corrected chi connectivity index (χ2v) is 3.65. The second-order valence-electron chi connectivity index (χ2n) is 3.65. The summed E-state index contributed by atoms with van der Waals surface area (Å²) in [5.74, 6) is 0.800. The number of hydrogen-bond acceptors (Lipinski definition) is 3. The van der Waals surface area contributed by atoms with Crippen LogP contribution in [-0.4, -0.2) is 19.7 Å². The molecule has 3 rings (SSSR count). The van der Waals surface area contributed by atoms with E-state index in [1.165, 1.54) is 17.3 Å². The second kappa shape index (κ2) is 4.51. The van der Waals surface area contributed by atoms with Gasteiger partial charge in [0.25, 0.3) is 0 Å². The fourth-order valence-electron chi connectivity index (χ4n) is 1.78. The van der Waals surface area contributed by atoms with Crippen LogP contribution in [0.4, 0.5) is 0 Å². The average molecular weight is 247 g/mol. The summed E-state index contributed by atoms with van der Waals surface area (Å²) < 4.78 is 1.67. The van der Waals surface area contributed by atoms with Crippen molar-refractivity contribution in [3.63, 3.8) is 0 Å². The number of fused-ring (bicyclic) bond motifs is 1. The topological polar surface area (TPSA) is 43.6 Å². The highest BCUT2D eigenvalue weighted by Crippen LogP contribution is 2.18. The molecular formula is C12H11ClN4. The van der Waals surface area contributed by atoms with Crippen LogP contribution in [0, 0.1) is 6.92 Å². The summed E-state index contributed by atoms with van der Waals surface area (Å²) in [4.78, 5) is 8.46. The van der Waals surface area contributed by atoms with E-state index >= 15 is 0 Å². The molecule has 17 heavy (non-hydrogen) atoms. The van der Waals surface area contributed by atoms with Gasteiger partial charge in [0.05, 0.1) is 5.52 Å². The van der Waals surface area contributed by atoms with Gasteiger partial charge < -0.3 is 0 Å². The normalized spacial score (nSPS) is 10.2. The third kappa shape index (κ3) is 1.99. The predicted molar refractivity (Wildman–Crippen MR) is 68.6 cm³/mol. The van der Waals surface area contributed by atoms with E-state index in [0.29, 0.717) is 0 Å². The van der Waals surface area contributed by atoms with Crippen LogP contribution in [0.15, 0.2) is 43.0 Å². The van der Waals surface area contributed by atoms with Crippen LogP contribution < -0.4 is 0 Å². The highest BCUT2D eigenvalue weighted by molar-refractivity contribution is 5.85. The van der Waals surface area contributed by atoms with Crippen molar-refractivity contribution in [3.05, 3.63) is 48.5 Å². The van der Waals surface area contributed by atoms with E-state index in [9.17, 15) is 0 Å². The molecule has 0 radical (unpaired) electrons. The van der Waals surface area contributed by atoms with Crippen molar-refractivity contribution in [2.24, 2.45) is 0 Å². The molecule has 0 saturated heterocycles. The van der Waals surface area contributed by atoms with Gasteiger partial charge in [-0.05, 0) is 24.6 Å². The van der Waals surface area contributed by atoms with Gasteiger partial charge in [0.2, 0.25) is 0 Å². The maximum Gasteiger partial charge on any atom is 0.156 e. The van der Waals surface area contributed by atoms with Gasteiger partial charge >= 0.3 is 0 Å². The minimum absolute atomic E-state index is 0. The Kier molecular flexibility index (Phi) is 3.06. The van der Waals surface area contributed by atoms with Gasteiger partial charge in [-0.15, -0.1) is 12.4 Å². The number of halogens is 1. The number of benzene rings is 1. The Balaban J connectivity index is 0.00000108. The fraction of sp³-hybridized carbons (Fsp3) is 0.0833. The zero-order chi connectivity index (χ0) is 11.0. The lowest BCUT2D eigenvalue weighted by atomic mass is 10.1. The van der Waals surface area contributed by atoms with Gasteiger partial charge in [-0.25, -0.2) is 14.6 Å². The molecule has 0 aliphatic carbocycles. The van der Waals surface area contributed by atoms with Gasteiger partial charge in [-0.2, -0.15) is 5.10 Å². The smallest absolute Gasteiger partial charge is 0.156 e. The Morgan fingerprint density at radius 2 is 2.00 bits per heavy atom. The third-order valence-corrected chi connectivity index (χ3v) is 2.56. The zero-order valence-electron chi connectivity index (χ0n) is 9.24. The van der Waals surface area contributed by atoms with Gasteiger partial charge in [-0.1, -0.05) is 18.2 Å². The van der Waals surface area contributed by atoms with Crippen molar-refractivity contribution < 1.29 is 0 Å². The first kappa shape index (κ1) is 11.5. The molecule has 1 aromatic carbocycles. The molecule has 0 aliphatic rings. The van der Waals surface area contributed by atoms with Crippen molar-refractivity contribution in [1.82, 2.24) is 19.7 Å². The van der Waals surface area contributed by atoms with E-state index in [1.807, 2.05) is 24.3 Å². The minimum Gasteiger partial charge on any atom is -0.229 e. The van der Waals surface area contributed by atoms with Gasteiger partial charge in [-0.3, -0.25) is 0 Å². The number of hydrogen-bond donors (Lipinski definition) is 0. The van der Waals surface area contributed by atoms with Crippen molar-refractivity contribution in [2.75, 3.05) is 0 Å².